The van der Waals surface area contributed by atoms with E-state index in [1.165, 1.54) is 25.4 Å². The number of hydrogen-bond donors (Lipinski definition) is 2. The molecule has 8 nitrogen and oxygen atoms in total. The summed E-state index contributed by atoms with van der Waals surface area (Å²) in [5.74, 6) is -0.840. The van der Waals surface area contributed by atoms with Crippen LogP contribution in [-0.2, 0) is 16.6 Å². The molecule has 0 amide bonds. The van der Waals surface area contributed by atoms with Crippen LogP contribution in [0.3, 0.4) is 0 Å². The summed E-state index contributed by atoms with van der Waals surface area (Å²) in [5.41, 5.74) is 1.37. The number of aromatic carboxylic acids is 1. The fraction of sp³-hybridized carbons (Fsp3) is 0.105. The number of nitrogens with one attached hydrogen (secondary N) is 1. The molecule has 2 aromatic heterocycles. The van der Waals surface area contributed by atoms with E-state index in [2.05, 4.69) is 14.7 Å². The maximum atomic E-state index is 12.7. The molecule has 0 fully saturated rings. The molecule has 0 bridgehead atoms. The van der Waals surface area contributed by atoms with Crippen molar-refractivity contribution >= 4 is 16.0 Å². The summed E-state index contributed by atoms with van der Waals surface area (Å²) in [4.78, 5) is 19.5. The molecule has 0 aliphatic heterocycles. The molecule has 144 valence electrons. The fourth-order valence-corrected chi connectivity index (χ4v) is 3.54. The minimum absolute atomic E-state index is 0.0140. The van der Waals surface area contributed by atoms with Crippen LogP contribution in [0.4, 0.5) is 0 Å². The summed E-state index contributed by atoms with van der Waals surface area (Å²) in [6.07, 6.45) is 3.04. The number of carbonyl (C=O) groups is 1. The maximum absolute atomic E-state index is 12.7. The molecule has 9 heteroatoms. The number of rotatable bonds is 7. The van der Waals surface area contributed by atoms with Gasteiger partial charge >= 0.3 is 5.97 Å². The van der Waals surface area contributed by atoms with Gasteiger partial charge in [0.05, 0.1) is 29.8 Å². The van der Waals surface area contributed by atoms with E-state index in [4.69, 9.17) is 4.74 Å². The van der Waals surface area contributed by atoms with Gasteiger partial charge in [0.1, 0.15) is 0 Å². The van der Waals surface area contributed by atoms with Crippen molar-refractivity contribution in [2.75, 3.05) is 7.11 Å². The highest BCUT2D eigenvalue weighted by Crippen LogP contribution is 2.25. The minimum atomic E-state index is -3.96. The molecule has 3 aromatic rings. The third kappa shape index (κ3) is 4.51. The van der Waals surface area contributed by atoms with E-state index >= 15 is 0 Å². The lowest BCUT2D eigenvalue weighted by molar-refractivity contribution is 0.0696. The highest BCUT2D eigenvalue weighted by atomic mass is 32.2. The largest absolute Gasteiger partial charge is 0.481 e. The van der Waals surface area contributed by atoms with E-state index in [0.29, 0.717) is 22.7 Å². The highest BCUT2D eigenvalue weighted by Gasteiger charge is 2.19. The number of carboxylic acid groups (broad SMARTS) is 1. The standard InChI is InChI=1S/C19H17N3O5S/c1-27-18-6-5-13(11-21-18)14-8-15(19(23)24)10-17(9-14)28(25,26)22-12-16-4-2-3-7-20-16/h2-11,22H,12H2,1H3,(H,23,24). The van der Waals surface area contributed by atoms with Crippen molar-refractivity contribution in [3.8, 4) is 17.0 Å². The number of methoxy groups -OCH3 is 1. The van der Waals surface area contributed by atoms with Crippen LogP contribution in [0, 0.1) is 0 Å². The van der Waals surface area contributed by atoms with Crippen molar-refractivity contribution in [3.05, 3.63) is 72.2 Å². The molecule has 0 aliphatic rings. The fourth-order valence-electron chi connectivity index (χ4n) is 2.47. The Kier molecular flexibility index (Phi) is 5.67. The van der Waals surface area contributed by atoms with Gasteiger partial charge in [0, 0.05) is 24.0 Å². The second-order valence-electron chi connectivity index (χ2n) is 5.79. The van der Waals surface area contributed by atoms with E-state index in [0.717, 1.165) is 6.07 Å². The number of aromatic nitrogens is 2. The maximum Gasteiger partial charge on any atom is 0.335 e. The molecule has 0 radical (unpaired) electrons. The summed E-state index contributed by atoms with van der Waals surface area (Å²) in [7, 11) is -2.48. The number of nitrogens with zero attached hydrogens (tertiary/aromatic N) is 2. The summed E-state index contributed by atoms with van der Waals surface area (Å²) in [6, 6.07) is 12.3. The van der Waals surface area contributed by atoms with E-state index in [1.807, 2.05) is 0 Å². The van der Waals surface area contributed by atoms with Crippen molar-refractivity contribution in [3.63, 3.8) is 0 Å². The number of benzene rings is 1. The van der Waals surface area contributed by atoms with Gasteiger partial charge in [-0.1, -0.05) is 6.07 Å². The Morgan fingerprint density at radius 2 is 1.93 bits per heavy atom. The van der Waals surface area contributed by atoms with Crippen LogP contribution in [0.5, 0.6) is 5.88 Å². The smallest absolute Gasteiger partial charge is 0.335 e. The number of sulfonamides is 1. The van der Waals surface area contributed by atoms with Gasteiger partial charge in [0.15, 0.2) is 0 Å². The zero-order valence-electron chi connectivity index (χ0n) is 14.9. The second-order valence-corrected chi connectivity index (χ2v) is 7.55. The first-order valence-electron chi connectivity index (χ1n) is 8.17. The zero-order valence-corrected chi connectivity index (χ0v) is 15.7. The predicted molar refractivity (Wildman–Crippen MR) is 101 cm³/mol. The van der Waals surface area contributed by atoms with Gasteiger partial charge in [-0.3, -0.25) is 4.98 Å². The van der Waals surface area contributed by atoms with Gasteiger partial charge in [-0.15, -0.1) is 0 Å². The van der Waals surface area contributed by atoms with Crippen molar-refractivity contribution < 1.29 is 23.1 Å². The van der Waals surface area contributed by atoms with Gasteiger partial charge < -0.3 is 9.84 Å². The Hall–Kier alpha value is -3.30. The predicted octanol–water partition coefficient (Wildman–Crippen LogP) is 2.33. The SMILES string of the molecule is COc1ccc(-c2cc(C(=O)O)cc(S(=O)(=O)NCc3ccccn3)c2)cn1. The van der Waals surface area contributed by atoms with Crippen LogP contribution in [0.25, 0.3) is 11.1 Å². The number of carboxylic acids is 1. The van der Waals surface area contributed by atoms with Crippen molar-refractivity contribution in [1.29, 1.82) is 0 Å². The summed E-state index contributed by atoms with van der Waals surface area (Å²) in [6.45, 7) is -0.0140. The first-order valence-corrected chi connectivity index (χ1v) is 9.66. The normalized spacial score (nSPS) is 11.2. The van der Waals surface area contributed by atoms with Crippen LogP contribution in [-0.4, -0.2) is 36.6 Å². The molecule has 0 saturated heterocycles. The Morgan fingerprint density at radius 3 is 2.54 bits per heavy atom. The van der Waals surface area contributed by atoms with Crippen LogP contribution in [0.15, 0.2) is 65.8 Å². The Morgan fingerprint density at radius 1 is 1.11 bits per heavy atom. The van der Waals surface area contributed by atoms with Gasteiger partial charge in [-0.05, 0) is 42.0 Å². The van der Waals surface area contributed by atoms with E-state index in [1.54, 1.807) is 36.5 Å². The van der Waals surface area contributed by atoms with Crippen molar-refractivity contribution in [2.24, 2.45) is 0 Å². The zero-order chi connectivity index (χ0) is 20.1. The Balaban J connectivity index is 1.97. The first-order chi connectivity index (χ1) is 13.4. The van der Waals surface area contributed by atoms with Gasteiger partial charge in [-0.2, -0.15) is 0 Å². The van der Waals surface area contributed by atoms with Crippen molar-refractivity contribution in [2.45, 2.75) is 11.4 Å². The lowest BCUT2D eigenvalue weighted by Crippen LogP contribution is -2.24. The van der Waals surface area contributed by atoms with E-state index in [9.17, 15) is 18.3 Å². The molecule has 2 N–H and O–H groups in total. The van der Waals surface area contributed by atoms with E-state index < -0.39 is 16.0 Å². The number of ether oxygens (including phenoxy) is 1. The van der Waals surface area contributed by atoms with E-state index in [-0.39, 0.29) is 17.0 Å². The Bertz CT molecular complexity index is 1080. The van der Waals surface area contributed by atoms with Crippen LogP contribution < -0.4 is 9.46 Å². The van der Waals surface area contributed by atoms with Crippen LogP contribution in [0.1, 0.15) is 16.1 Å². The van der Waals surface area contributed by atoms with Crippen LogP contribution >= 0.6 is 0 Å². The molecule has 0 aliphatic carbocycles. The third-order valence-corrected chi connectivity index (χ3v) is 5.29. The molecule has 3 rings (SSSR count). The number of hydrogen-bond acceptors (Lipinski definition) is 6. The molecule has 0 unspecified atom stereocenters. The van der Waals surface area contributed by atoms with Gasteiger partial charge in [-0.25, -0.2) is 22.9 Å². The summed E-state index contributed by atoms with van der Waals surface area (Å²) in [5, 5.41) is 9.38. The average Bonchev–Trinajstić information content (AvgIpc) is 2.73. The third-order valence-electron chi connectivity index (χ3n) is 3.91. The molecule has 1 aromatic carbocycles. The molecule has 0 atom stereocenters. The topological polar surface area (TPSA) is 118 Å². The molecule has 28 heavy (non-hydrogen) atoms. The molecule has 0 spiro atoms. The minimum Gasteiger partial charge on any atom is -0.481 e. The summed E-state index contributed by atoms with van der Waals surface area (Å²) >= 11 is 0. The number of pyridine rings is 2. The lowest BCUT2D eigenvalue weighted by atomic mass is 10.0. The second kappa shape index (κ2) is 8.15. The average molecular weight is 399 g/mol. The van der Waals surface area contributed by atoms with Crippen LogP contribution in [0.2, 0.25) is 0 Å². The first kappa shape index (κ1) is 19.5. The highest BCUT2D eigenvalue weighted by molar-refractivity contribution is 7.89. The molecule has 0 saturated carbocycles. The lowest BCUT2D eigenvalue weighted by Gasteiger charge is -2.10. The molecular formula is C19H17N3O5S. The summed E-state index contributed by atoms with van der Waals surface area (Å²) < 4.78 is 32.8. The Labute approximate surface area is 161 Å². The monoisotopic (exact) mass is 399 g/mol. The molecule has 2 heterocycles. The van der Waals surface area contributed by atoms with Crippen molar-refractivity contribution in [1.82, 2.24) is 14.7 Å². The van der Waals surface area contributed by atoms with Gasteiger partial charge in [0.2, 0.25) is 15.9 Å². The quantitative estimate of drug-likeness (QED) is 0.626. The molecular weight excluding hydrogens is 382 g/mol. The van der Waals surface area contributed by atoms with Gasteiger partial charge in [0.25, 0.3) is 0 Å².